The maximum atomic E-state index is 2.59. The lowest BCUT2D eigenvalue weighted by atomic mass is 9.70. The van der Waals surface area contributed by atoms with Crippen LogP contribution in [0.1, 0.15) is 27.8 Å². The van der Waals surface area contributed by atoms with E-state index in [2.05, 4.69) is 207 Å². The lowest BCUT2D eigenvalue weighted by molar-refractivity contribution is 0.795. The minimum absolute atomic E-state index is 0.427. The molecule has 0 heterocycles. The molecule has 2 aliphatic rings. The summed E-state index contributed by atoms with van der Waals surface area (Å²) in [6.45, 7) is 2.18. The first-order valence-corrected chi connectivity index (χ1v) is 20.7. The largest absolute Gasteiger partial charge is 0.0726 e. The number of benzene rings is 8. The van der Waals surface area contributed by atoms with Crippen LogP contribution in [0, 0.1) is 6.92 Å². The molecule has 0 saturated carbocycles. The van der Waals surface area contributed by atoms with E-state index in [1.54, 1.807) is 0 Å². The van der Waals surface area contributed by atoms with Crippen molar-refractivity contribution in [1.82, 2.24) is 0 Å². The Bertz CT molecular complexity index is 2490. The van der Waals surface area contributed by atoms with Crippen molar-refractivity contribution in [2.45, 2.75) is 12.3 Å². The van der Waals surface area contributed by atoms with Gasteiger partial charge in [-0.1, -0.05) is 194 Å². The first kappa shape index (κ1) is 31.4. The monoisotopic (exact) mass is 698 g/mol. The smallest absolute Gasteiger partial charge is 0.0622 e. The molecule has 8 aromatic rings. The molecule has 0 radical (unpaired) electrons. The van der Waals surface area contributed by atoms with E-state index in [0.717, 1.165) is 0 Å². The Labute approximate surface area is 309 Å². The fourth-order valence-electron chi connectivity index (χ4n) is 8.71. The van der Waals surface area contributed by atoms with Crippen LogP contribution >= 0.6 is 15.8 Å². The Kier molecular flexibility index (Phi) is 7.65. The number of hydrogen-bond donors (Lipinski definition) is 0. The maximum Gasteiger partial charge on any atom is 0.0726 e. The second-order valence-corrected chi connectivity index (χ2v) is 18.3. The molecule has 0 nitrogen and oxygen atoms in total. The van der Waals surface area contributed by atoms with Crippen LogP contribution in [-0.4, -0.2) is 0 Å². The maximum absolute atomic E-state index is 2.59. The van der Waals surface area contributed by atoms with E-state index >= 15 is 0 Å². The summed E-state index contributed by atoms with van der Waals surface area (Å²) in [5.74, 6) is 0. The van der Waals surface area contributed by atoms with Crippen molar-refractivity contribution in [2.24, 2.45) is 0 Å². The summed E-state index contributed by atoms with van der Waals surface area (Å²) in [5, 5.41) is 8.25. The van der Waals surface area contributed by atoms with E-state index in [0.29, 0.717) is 0 Å². The van der Waals surface area contributed by atoms with E-state index in [1.807, 2.05) is 0 Å². The van der Waals surface area contributed by atoms with Crippen LogP contribution in [0.25, 0.3) is 22.3 Å². The molecule has 0 amide bonds. The van der Waals surface area contributed by atoms with Crippen LogP contribution in [0.3, 0.4) is 0 Å². The number of hydrogen-bond acceptors (Lipinski definition) is 0. The van der Waals surface area contributed by atoms with Crippen molar-refractivity contribution in [3.8, 4) is 22.3 Å². The fourth-order valence-corrected chi connectivity index (χ4v) is 13.3. The van der Waals surface area contributed by atoms with Gasteiger partial charge in [0.15, 0.2) is 0 Å². The van der Waals surface area contributed by atoms with Gasteiger partial charge < -0.3 is 0 Å². The summed E-state index contributed by atoms with van der Waals surface area (Å²) in [4.78, 5) is 0. The zero-order valence-electron chi connectivity index (χ0n) is 28.9. The minimum Gasteiger partial charge on any atom is -0.0622 e. The van der Waals surface area contributed by atoms with Crippen molar-refractivity contribution in [3.05, 3.63) is 228 Å². The molecule has 52 heavy (non-hydrogen) atoms. The predicted octanol–water partition coefficient (Wildman–Crippen LogP) is 9.85. The van der Waals surface area contributed by atoms with Crippen LogP contribution in [0.15, 0.2) is 200 Å². The van der Waals surface area contributed by atoms with Gasteiger partial charge in [0.2, 0.25) is 0 Å². The van der Waals surface area contributed by atoms with Crippen molar-refractivity contribution >= 4 is 47.7 Å². The minimum atomic E-state index is -0.780. The van der Waals surface area contributed by atoms with Gasteiger partial charge in [-0.3, -0.25) is 0 Å². The van der Waals surface area contributed by atoms with Gasteiger partial charge in [0, 0.05) is 0 Å². The molecule has 0 aliphatic heterocycles. The van der Waals surface area contributed by atoms with Crippen molar-refractivity contribution in [3.63, 3.8) is 0 Å². The lowest BCUT2D eigenvalue weighted by Crippen LogP contribution is -2.29. The van der Waals surface area contributed by atoms with E-state index in [1.165, 1.54) is 81.9 Å². The molecule has 0 N–H and O–H groups in total. The van der Waals surface area contributed by atoms with Gasteiger partial charge in [-0.05, 0) is 111 Å². The molecule has 0 bridgehead atoms. The van der Waals surface area contributed by atoms with Crippen molar-refractivity contribution < 1.29 is 0 Å². The van der Waals surface area contributed by atoms with Gasteiger partial charge in [-0.2, -0.15) is 0 Å². The molecule has 1 unspecified atom stereocenters. The zero-order valence-corrected chi connectivity index (χ0v) is 30.7. The highest BCUT2D eigenvalue weighted by Gasteiger charge is 2.52. The van der Waals surface area contributed by atoms with Crippen LogP contribution in [-0.2, 0) is 5.41 Å². The number of rotatable bonds is 6. The van der Waals surface area contributed by atoms with Crippen LogP contribution in [0.4, 0.5) is 0 Å². The van der Waals surface area contributed by atoms with E-state index < -0.39 is 21.3 Å². The standard InChI is InChI=1S/C50H36P2/c1-35-25-27-39(28-26-35)52(38-19-9-4-10-20-38)41-30-32-45-44-31-29-40(51(36-15-5-2-6-16-36)37-17-7-3-8-18-37)33-48(44)50(49(45)34-41)46-23-13-11-21-42(46)43-22-12-14-24-47(43)50/h2-34H,1H3. The molecular weight excluding hydrogens is 662 g/mol. The molecule has 0 fully saturated rings. The predicted molar refractivity (Wildman–Crippen MR) is 225 cm³/mol. The van der Waals surface area contributed by atoms with Crippen LogP contribution in [0.2, 0.25) is 0 Å². The molecule has 246 valence electrons. The van der Waals surface area contributed by atoms with Gasteiger partial charge in [-0.25, -0.2) is 0 Å². The van der Waals surface area contributed by atoms with Gasteiger partial charge in [0.1, 0.15) is 0 Å². The average Bonchev–Trinajstić information content (AvgIpc) is 3.67. The summed E-state index contributed by atoms with van der Waals surface area (Å²) < 4.78 is 0. The highest BCUT2D eigenvalue weighted by atomic mass is 31.1. The van der Waals surface area contributed by atoms with Crippen molar-refractivity contribution in [2.75, 3.05) is 0 Å². The summed E-state index contributed by atoms with van der Waals surface area (Å²) in [6.07, 6.45) is 0. The lowest BCUT2D eigenvalue weighted by Gasteiger charge is -2.32. The molecule has 1 spiro atoms. The van der Waals surface area contributed by atoms with Gasteiger partial charge >= 0.3 is 0 Å². The van der Waals surface area contributed by atoms with Gasteiger partial charge in [0.05, 0.1) is 5.41 Å². The normalized spacial score (nSPS) is 13.7. The Morgan fingerprint density at radius 1 is 0.288 bits per heavy atom. The molecule has 10 rings (SSSR count). The van der Waals surface area contributed by atoms with Crippen LogP contribution < -0.4 is 31.8 Å². The summed E-state index contributed by atoms with van der Waals surface area (Å²) in [7, 11) is -1.55. The fraction of sp³-hybridized carbons (Fsp3) is 0.0400. The summed E-state index contributed by atoms with van der Waals surface area (Å²) in [5.41, 5.74) is 11.8. The summed E-state index contributed by atoms with van der Waals surface area (Å²) >= 11 is 0. The van der Waals surface area contributed by atoms with E-state index in [9.17, 15) is 0 Å². The second-order valence-electron chi connectivity index (χ2n) is 13.8. The third-order valence-electron chi connectivity index (χ3n) is 10.9. The number of aryl methyl sites for hydroxylation is 1. The quantitative estimate of drug-likeness (QED) is 0.152. The zero-order chi connectivity index (χ0) is 34.6. The van der Waals surface area contributed by atoms with E-state index in [4.69, 9.17) is 0 Å². The Balaban J connectivity index is 1.26. The Hall–Kier alpha value is -5.38. The molecule has 1 atom stereocenters. The van der Waals surface area contributed by atoms with Gasteiger partial charge in [0.25, 0.3) is 0 Å². The second kappa shape index (κ2) is 12.7. The first-order valence-electron chi connectivity index (χ1n) is 18.0. The number of fused-ring (bicyclic) bond motifs is 10. The first-order chi connectivity index (χ1) is 25.7. The average molecular weight is 699 g/mol. The van der Waals surface area contributed by atoms with Gasteiger partial charge in [-0.15, -0.1) is 0 Å². The summed E-state index contributed by atoms with van der Waals surface area (Å²) in [6, 6.07) is 75.7. The molecular formula is C50H36P2. The Morgan fingerprint density at radius 2 is 0.615 bits per heavy atom. The third kappa shape index (κ3) is 4.83. The third-order valence-corrected chi connectivity index (χ3v) is 15.8. The topological polar surface area (TPSA) is 0 Å². The van der Waals surface area contributed by atoms with Crippen molar-refractivity contribution in [1.29, 1.82) is 0 Å². The SMILES string of the molecule is Cc1ccc(P(c2ccccc2)c2ccc3c(c2)C2(c4ccccc4-c4ccccc42)c2cc(P(c4ccccc4)c4ccccc4)ccc2-3)cc1. The molecule has 2 aliphatic carbocycles. The molecule has 0 saturated heterocycles. The van der Waals surface area contributed by atoms with E-state index in [-0.39, 0.29) is 0 Å². The highest BCUT2D eigenvalue weighted by Crippen LogP contribution is 2.63. The highest BCUT2D eigenvalue weighted by molar-refractivity contribution is 7.80. The molecule has 2 heteroatoms. The Morgan fingerprint density at radius 3 is 1.04 bits per heavy atom. The molecule has 0 aromatic heterocycles. The van der Waals surface area contributed by atoms with Crippen LogP contribution in [0.5, 0.6) is 0 Å². The molecule has 8 aromatic carbocycles.